The van der Waals surface area contributed by atoms with E-state index in [0.29, 0.717) is 17.6 Å². The first-order valence-electron chi connectivity index (χ1n) is 5.81. The van der Waals surface area contributed by atoms with E-state index < -0.39 is 0 Å². The second-order valence-electron chi connectivity index (χ2n) is 5.33. The first kappa shape index (κ1) is 9.51. The van der Waals surface area contributed by atoms with Gasteiger partial charge in [0, 0.05) is 0 Å². The summed E-state index contributed by atoms with van der Waals surface area (Å²) in [7, 11) is 0. The Morgan fingerprint density at radius 2 is 2.08 bits per heavy atom. The molecule has 2 rings (SSSR count). The maximum atomic E-state index is 5.70. The van der Waals surface area contributed by atoms with Gasteiger partial charge in [0.15, 0.2) is 0 Å². The number of rotatable bonds is 3. The van der Waals surface area contributed by atoms with Crippen LogP contribution >= 0.6 is 0 Å². The fourth-order valence-electron chi connectivity index (χ4n) is 2.95. The number of unbranched alkanes of at least 4 members (excludes halogenated alkanes) is 1. The largest absolute Gasteiger partial charge is 0.369 e. The molecule has 2 fully saturated rings. The molecule has 0 spiro atoms. The molecule has 1 heterocycles. The van der Waals surface area contributed by atoms with Crippen LogP contribution in [0, 0.1) is 11.3 Å². The molecule has 0 amide bonds. The fourth-order valence-corrected chi connectivity index (χ4v) is 2.95. The molecule has 2 aliphatic rings. The third kappa shape index (κ3) is 1.63. The van der Waals surface area contributed by atoms with E-state index >= 15 is 0 Å². The Kier molecular flexibility index (Phi) is 2.39. The van der Waals surface area contributed by atoms with Crippen molar-refractivity contribution in [1.82, 2.24) is 0 Å². The number of fused-ring (bicyclic) bond motifs is 1. The van der Waals surface area contributed by atoms with E-state index in [-0.39, 0.29) is 0 Å². The second kappa shape index (κ2) is 3.27. The SMILES string of the molecule is CCCCC1CCC2OC2C1(C)C. The normalized spacial score (nSPS) is 41.3. The van der Waals surface area contributed by atoms with E-state index in [1.807, 2.05) is 0 Å². The van der Waals surface area contributed by atoms with Gasteiger partial charge in [-0.2, -0.15) is 0 Å². The van der Waals surface area contributed by atoms with E-state index in [4.69, 9.17) is 4.74 Å². The van der Waals surface area contributed by atoms with Gasteiger partial charge in [-0.1, -0.05) is 33.6 Å². The van der Waals surface area contributed by atoms with Crippen molar-refractivity contribution in [2.45, 2.75) is 65.1 Å². The van der Waals surface area contributed by atoms with E-state index in [1.165, 1.54) is 32.1 Å². The van der Waals surface area contributed by atoms with Crippen molar-refractivity contribution < 1.29 is 4.74 Å². The molecule has 1 saturated heterocycles. The van der Waals surface area contributed by atoms with Gasteiger partial charge in [0.05, 0.1) is 12.2 Å². The third-order valence-electron chi connectivity index (χ3n) is 4.07. The van der Waals surface area contributed by atoms with Gasteiger partial charge in [0.25, 0.3) is 0 Å². The Balaban J connectivity index is 1.93. The molecule has 3 unspecified atom stereocenters. The van der Waals surface area contributed by atoms with Crippen LogP contribution < -0.4 is 0 Å². The first-order valence-corrected chi connectivity index (χ1v) is 5.81. The summed E-state index contributed by atoms with van der Waals surface area (Å²) in [4.78, 5) is 0. The zero-order valence-electron chi connectivity index (χ0n) is 9.18. The Morgan fingerprint density at radius 1 is 1.31 bits per heavy atom. The highest BCUT2D eigenvalue weighted by atomic mass is 16.6. The van der Waals surface area contributed by atoms with E-state index in [9.17, 15) is 0 Å². The van der Waals surface area contributed by atoms with Crippen LogP contribution in [0.5, 0.6) is 0 Å². The average molecular weight is 182 g/mol. The van der Waals surface area contributed by atoms with Crippen molar-refractivity contribution in [3.05, 3.63) is 0 Å². The summed E-state index contributed by atoms with van der Waals surface area (Å²) in [5, 5.41) is 0. The zero-order chi connectivity index (χ0) is 9.47. The van der Waals surface area contributed by atoms with Crippen molar-refractivity contribution in [1.29, 1.82) is 0 Å². The monoisotopic (exact) mass is 182 g/mol. The molecule has 1 aliphatic carbocycles. The standard InChI is InChI=1S/C12H22O/c1-4-5-6-9-7-8-10-11(13-10)12(9,2)3/h9-11H,4-8H2,1-3H3. The molecule has 1 heteroatoms. The third-order valence-corrected chi connectivity index (χ3v) is 4.07. The molecular formula is C12H22O. The number of hydrogen-bond acceptors (Lipinski definition) is 1. The molecule has 76 valence electrons. The van der Waals surface area contributed by atoms with Crippen LogP contribution in [0.3, 0.4) is 0 Å². The quantitative estimate of drug-likeness (QED) is 0.610. The summed E-state index contributed by atoms with van der Waals surface area (Å²) in [5.74, 6) is 0.913. The fraction of sp³-hybridized carbons (Fsp3) is 1.00. The molecular weight excluding hydrogens is 160 g/mol. The smallest absolute Gasteiger partial charge is 0.0895 e. The molecule has 1 saturated carbocycles. The Hall–Kier alpha value is -0.0400. The minimum absolute atomic E-state index is 0.456. The van der Waals surface area contributed by atoms with Crippen LogP contribution in [-0.2, 0) is 4.74 Å². The highest BCUT2D eigenvalue weighted by molar-refractivity contribution is 5.03. The Bertz CT molecular complexity index is 186. The number of epoxide rings is 1. The number of ether oxygens (including phenoxy) is 1. The molecule has 3 atom stereocenters. The lowest BCUT2D eigenvalue weighted by Gasteiger charge is -2.36. The maximum absolute atomic E-state index is 5.70. The second-order valence-corrected chi connectivity index (χ2v) is 5.33. The Morgan fingerprint density at radius 3 is 2.77 bits per heavy atom. The van der Waals surface area contributed by atoms with Crippen LogP contribution in [0.15, 0.2) is 0 Å². The molecule has 0 aromatic heterocycles. The summed E-state index contributed by atoms with van der Waals surface area (Å²) in [6, 6.07) is 0. The summed E-state index contributed by atoms with van der Waals surface area (Å²) in [6.07, 6.45) is 8.09. The molecule has 0 radical (unpaired) electrons. The van der Waals surface area contributed by atoms with Crippen molar-refractivity contribution in [2.24, 2.45) is 11.3 Å². The first-order chi connectivity index (χ1) is 6.16. The molecule has 0 aromatic carbocycles. The van der Waals surface area contributed by atoms with Crippen molar-refractivity contribution >= 4 is 0 Å². The van der Waals surface area contributed by atoms with Crippen LogP contribution in [0.2, 0.25) is 0 Å². The lowest BCUT2D eigenvalue weighted by molar-refractivity contribution is 0.129. The lowest BCUT2D eigenvalue weighted by atomic mass is 9.67. The predicted molar refractivity (Wildman–Crippen MR) is 54.7 cm³/mol. The van der Waals surface area contributed by atoms with Crippen LogP contribution in [-0.4, -0.2) is 12.2 Å². The molecule has 1 aliphatic heterocycles. The molecule has 0 bridgehead atoms. The minimum atomic E-state index is 0.456. The van der Waals surface area contributed by atoms with Gasteiger partial charge in [0.1, 0.15) is 0 Å². The van der Waals surface area contributed by atoms with Gasteiger partial charge in [-0.05, 0) is 30.6 Å². The highest BCUT2D eigenvalue weighted by Crippen LogP contribution is 2.53. The van der Waals surface area contributed by atoms with E-state index in [2.05, 4.69) is 20.8 Å². The Labute approximate surface area is 81.9 Å². The summed E-state index contributed by atoms with van der Waals surface area (Å²) in [6.45, 7) is 7.08. The average Bonchev–Trinajstić information content (AvgIpc) is 2.83. The van der Waals surface area contributed by atoms with Gasteiger partial charge < -0.3 is 4.74 Å². The van der Waals surface area contributed by atoms with Gasteiger partial charge >= 0.3 is 0 Å². The highest BCUT2D eigenvalue weighted by Gasteiger charge is 2.55. The van der Waals surface area contributed by atoms with Crippen LogP contribution in [0.1, 0.15) is 52.9 Å². The van der Waals surface area contributed by atoms with Crippen molar-refractivity contribution in [3.8, 4) is 0 Å². The molecule has 0 aromatic rings. The number of hydrogen-bond donors (Lipinski definition) is 0. The van der Waals surface area contributed by atoms with Gasteiger partial charge in [-0.15, -0.1) is 0 Å². The predicted octanol–water partition coefficient (Wildman–Crippen LogP) is 3.38. The van der Waals surface area contributed by atoms with Crippen molar-refractivity contribution in [2.75, 3.05) is 0 Å². The summed E-state index contributed by atoms with van der Waals surface area (Å²) < 4.78 is 5.70. The van der Waals surface area contributed by atoms with Gasteiger partial charge in [-0.3, -0.25) is 0 Å². The minimum Gasteiger partial charge on any atom is -0.369 e. The molecule has 0 N–H and O–H groups in total. The topological polar surface area (TPSA) is 12.5 Å². The van der Waals surface area contributed by atoms with Crippen molar-refractivity contribution in [3.63, 3.8) is 0 Å². The molecule has 1 nitrogen and oxygen atoms in total. The van der Waals surface area contributed by atoms with Gasteiger partial charge in [0.2, 0.25) is 0 Å². The van der Waals surface area contributed by atoms with E-state index in [0.717, 1.165) is 5.92 Å². The van der Waals surface area contributed by atoms with Gasteiger partial charge in [-0.25, -0.2) is 0 Å². The summed E-state index contributed by atoms with van der Waals surface area (Å²) >= 11 is 0. The lowest BCUT2D eigenvalue weighted by Crippen LogP contribution is -2.34. The summed E-state index contributed by atoms with van der Waals surface area (Å²) in [5.41, 5.74) is 0.456. The zero-order valence-corrected chi connectivity index (χ0v) is 9.18. The van der Waals surface area contributed by atoms with E-state index in [1.54, 1.807) is 0 Å². The maximum Gasteiger partial charge on any atom is 0.0895 e. The van der Waals surface area contributed by atoms with Crippen LogP contribution in [0.4, 0.5) is 0 Å². The van der Waals surface area contributed by atoms with Crippen LogP contribution in [0.25, 0.3) is 0 Å². The molecule has 13 heavy (non-hydrogen) atoms.